The van der Waals surface area contributed by atoms with Crippen LogP contribution in [0.1, 0.15) is 32.8 Å². The zero-order valence-electron chi connectivity index (χ0n) is 14.3. The van der Waals surface area contributed by atoms with Crippen molar-refractivity contribution in [2.24, 2.45) is 0 Å². The van der Waals surface area contributed by atoms with E-state index >= 15 is 0 Å². The van der Waals surface area contributed by atoms with E-state index in [2.05, 4.69) is 45.0 Å². The van der Waals surface area contributed by atoms with E-state index in [-0.39, 0.29) is 11.8 Å². The molecule has 124 valence electrons. The number of carboxylic acid groups (broad SMARTS) is 1. The molecule has 1 heterocycles. The van der Waals surface area contributed by atoms with Crippen LogP contribution >= 0.6 is 0 Å². The average Bonchev–Trinajstić information content (AvgIpc) is 2.91. The Labute approximate surface area is 141 Å². The molecule has 0 fully saturated rings. The molecule has 2 aromatic carbocycles. The summed E-state index contributed by atoms with van der Waals surface area (Å²) >= 11 is 0. The van der Waals surface area contributed by atoms with E-state index in [4.69, 9.17) is 10.1 Å². The molecule has 0 saturated heterocycles. The highest BCUT2D eigenvalue weighted by Gasteiger charge is 2.16. The number of fused-ring (bicyclic) bond motifs is 1. The lowest BCUT2D eigenvalue weighted by molar-refractivity contribution is -0.137. The van der Waals surface area contributed by atoms with Crippen LogP contribution in [0.4, 0.5) is 0 Å². The van der Waals surface area contributed by atoms with E-state index in [9.17, 15) is 4.79 Å². The maximum atomic E-state index is 11.0. The highest BCUT2D eigenvalue weighted by atomic mass is 16.4. The number of carboxylic acids is 1. The lowest BCUT2D eigenvalue weighted by Gasteiger charge is -2.19. The van der Waals surface area contributed by atoms with E-state index < -0.39 is 5.97 Å². The Balaban J connectivity index is 2.07. The first-order chi connectivity index (χ1) is 11.4. The molecular weight excluding hydrogens is 300 g/mol. The molecule has 0 aliphatic rings. The van der Waals surface area contributed by atoms with Gasteiger partial charge in [0.25, 0.3) is 0 Å². The third-order valence-corrected chi connectivity index (χ3v) is 4.21. The van der Waals surface area contributed by atoms with Crippen molar-refractivity contribution in [3.8, 4) is 11.4 Å². The van der Waals surface area contributed by atoms with Gasteiger partial charge in [-0.25, -0.2) is 4.98 Å². The Kier molecular flexibility index (Phi) is 4.14. The van der Waals surface area contributed by atoms with Crippen molar-refractivity contribution >= 4 is 17.0 Å². The van der Waals surface area contributed by atoms with E-state index in [0.717, 1.165) is 22.4 Å². The molecular formula is C20H22N2O2. The summed E-state index contributed by atoms with van der Waals surface area (Å²) in [7, 11) is 0. The number of aliphatic carboxylic acids is 1. The largest absolute Gasteiger partial charge is 0.481 e. The second kappa shape index (κ2) is 6.11. The second-order valence-electron chi connectivity index (χ2n) is 7.05. The van der Waals surface area contributed by atoms with Gasteiger partial charge < -0.3 is 9.67 Å². The van der Waals surface area contributed by atoms with Crippen LogP contribution in [0.25, 0.3) is 22.4 Å². The number of rotatable bonds is 4. The summed E-state index contributed by atoms with van der Waals surface area (Å²) in [6.07, 6.45) is 0.0768. The fourth-order valence-corrected chi connectivity index (χ4v) is 2.85. The maximum Gasteiger partial charge on any atom is 0.305 e. The molecule has 0 spiro atoms. The number of aromatic nitrogens is 2. The van der Waals surface area contributed by atoms with Gasteiger partial charge in [-0.3, -0.25) is 4.79 Å². The molecule has 0 bridgehead atoms. The van der Waals surface area contributed by atoms with Crippen molar-refractivity contribution < 1.29 is 9.90 Å². The molecule has 0 aliphatic heterocycles. The first-order valence-corrected chi connectivity index (χ1v) is 8.14. The Morgan fingerprint density at radius 3 is 2.38 bits per heavy atom. The van der Waals surface area contributed by atoms with E-state index in [1.807, 2.05) is 28.8 Å². The number of aryl methyl sites for hydroxylation is 1. The summed E-state index contributed by atoms with van der Waals surface area (Å²) in [5.74, 6) is 0.0136. The number of hydrogen-bond donors (Lipinski definition) is 1. The first-order valence-electron chi connectivity index (χ1n) is 8.14. The predicted molar refractivity (Wildman–Crippen MR) is 96.1 cm³/mol. The quantitative estimate of drug-likeness (QED) is 0.770. The lowest BCUT2D eigenvalue weighted by Crippen LogP contribution is -2.10. The summed E-state index contributed by atoms with van der Waals surface area (Å²) < 4.78 is 2.00. The van der Waals surface area contributed by atoms with E-state index in [1.54, 1.807) is 0 Å². The molecule has 0 atom stereocenters. The van der Waals surface area contributed by atoms with Gasteiger partial charge >= 0.3 is 5.97 Å². The number of para-hydroxylation sites is 2. The van der Waals surface area contributed by atoms with E-state index in [0.29, 0.717) is 6.54 Å². The van der Waals surface area contributed by atoms with Crippen LogP contribution in [0.3, 0.4) is 0 Å². The standard InChI is InChI=1S/C20H22N2O2/c1-20(2,3)15-10-8-14(9-11-15)19-21-16-6-4-5-7-17(16)22(19)13-12-18(23)24/h4-11H,12-13H2,1-3H3,(H,23,24). The van der Waals surface area contributed by atoms with Gasteiger partial charge in [0.2, 0.25) is 0 Å². The fourth-order valence-electron chi connectivity index (χ4n) is 2.85. The van der Waals surface area contributed by atoms with Gasteiger partial charge in [-0.1, -0.05) is 57.2 Å². The van der Waals surface area contributed by atoms with Crippen LogP contribution in [0, 0.1) is 0 Å². The van der Waals surface area contributed by atoms with Crippen molar-refractivity contribution in [2.45, 2.75) is 39.2 Å². The summed E-state index contributed by atoms with van der Waals surface area (Å²) in [4.78, 5) is 15.7. The highest BCUT2D eigenvalue weighted by molar-refractivity contribution is 5.81. The molecule has 4 heteroatoms. The number of imidazole rings is 1. The van der Waals surface area contributed by atoms with Crippen LogP contribution in [0.15, 0.2) is 48.5 Å². The third-order valence-electron chi connectivity index (χ3n) is 4.21. The fraction of sp³-hybridized carbons (Fsp3) is 0.300. The summed E-state index contributed by atoms with van der Waals surface area (Å²) in [5.41, 5.74) is 4.22. The van der Waals surface area contributed by atoms with Gasteiger partial charge in [0.15, 0.2) is 0 Å². The SMILES string of the molecule is CC(C)(C)c1ccc(-c2nc3ccccc3n2CCC(=O)O)cc1. The minimum Gasteiger partial charge on any atom is -0.481 e. The average molecular weight is 322 g/mol. The number of benzene rings is 2. The third kappa shape index (κ3) is 3.18. The Hall–Kier alpha value is -2.62. The Bertz CT molecular complexity index is 871. The van der Waals surface area contributed by atoms with E-state index in [1.165, 1.54) is 5.56 Å². The molecule has 3 aromatic rings. The normalized spacial score (nSPS) is 11.8. The van der Waals surface area contributed by atoms with Crippen molar-refractivity contribution in [3.63, 3.8) is 0 Å². The van der Waals surface area contributed by atoms with Crippen molar-refractivity contribution in [2.75, 3.05) is 0 Å². The smallest absolute Gasteiger partial charge is 0.305 e. The van der Waals surface area contributed by atoms with Crippen LogP contribution in [0.2, 0.25) is 0 Å². The minimum absolute atomic E-state index is 0.0768. The van der Waals surface area contributed by atoms with Gasteiger partial charge in [0.05, 0.1) is 17.5 Å². The number of nitrogens with zero attached hydrogens (tertiary/aromatic N) is 2. The summed E-state index contributed by atoms with van der Waals surface area (Å²) in [6, 6.07) is 16.2. The van der Waals surface area contributed by atoms with Crippen LogP contribution < -0.4 is 0 Å². The second-order valence-corrected chi connectivity index (χ2v) is 7.05. The number of hydrogen-bond acceptors (Lipinski definition) is 2. The highest BCUT2D eigenvalue weighted by Crippen LogP contribution is 2.28. The molecule has 1 N–H and O–H groups in total. The van der Waals surface area contributed by atoms with Gasteiger partial charge in [-0.05, 0) is 23.1 Å². The minimum atomic E-state index is -0.804. The van der Waals surface area contributed by atoms with Crippen molar-refractivity contribution in [1.29, 1.82) is 0 Å². The van der Waals surface area contributed by atoms with Crippen LogP contribution in [0.5, 0.6) is 0 Å². The van der Waals surface area contributed by atoms with Gasteiger partial charge in [-0.2, -0.15) is 0 Å². The molecule has 1 aromatic heterocycles. The van der Waals surface area contributed by atoms with Crippen molar-refractivity contribution in [1.82, 2.24) is 9.55 Å². The molecule has 0 unspecified atom stereocenters. The molecule has 24 heavy (non-hydrogen) atoms. The molecule has 4 nitrogen and oxygen atoms in total. The van der Waals surface area contributed by atoms with Crippen LogP contribution in [-0.4, -0.2) is 20.6 Å². The molecule has 0 amide bonds. The number of carbonyl (C=O) groups is 1. The maximum absolute atomic E-state index is 11.0. The lowest BCUT2D eigenvalue weighted by atomic mass is 9.87. The zero-order valence-corrected chi connectivity index (χ0v) is 14.3. The molecule has 0 radical (unpaired) electrons. The summed E-state index contributed by atoms with van der Waals surface area (Å²) in [6.45, 7) is 6.96. The topological polar surface area (TPSA) is 55.1 Å². The summed E-state index contributed by atoms with van der Waals surface area (Å²) in [5, 5.41) is 9.04. The van der Waals surface area contributed by atoms with Gasteiger partial charge in [0.1, 0.15) is 5.82 Å². The van der Waals surface area contributed by atoms with Gasteiger partial charge in [0, 0.05) is 12.1 Å². The predicted octanol–water partition coefficient (Wildman–Crippen LogP) is 4.48. The monoisotopic (exact) mass is 322 g/mol. The van der Waals surface area contributed by atoms with Crippen molar-refractivity contribution in [3.05, 3.63) is 54.1 Å². The molecule has 3 rings (SSSR count). The molecule has 0 aliphatic carbocycles. The first kappa shape index (κ1) is 16.2. The Morgan fingerprint density at radius 1 is 1.08 bits per heavy atom. The molecule has 0 saturated carbocycles. The Morgan fingerprint density at radius 2 is 1.75 bits per heavy atom. The van der Waals surface area contributed by atoms with Gasteiger partial charge in [-0.15, -0.1) is 0 Å². The zero-order chi connectivity index (χ0) is 17.3. The van der Waals surface area contributed by atoms with Crippen LogP contribution in [-0.2, 0) is 16.8 Å².